The molecule has 2 unspecified atom stereocenters. The first-order chi connectivity index (χ1) is 13.5. The first-order valence-corrected chi connectivity index (χ1v) is 10.7. The van der Waals surface area contributed by atoms with Gasteiger partial charge in [-0.3, -0.25) is 9.88 Å². The topological polar surface area (TPSA) is 88.3 Å². The van der Waals surface area contributed by atoms with Crippen LogP contribution in [0.4, 0.5) is 18.9 Å². The van der Waals surface area contributed by atoms with Crippen LogP contribution in [0.25, 0.3) is 0 Å². The van der Waals surface area contributed by atoms with Gasteiger partial charge in [-0.15, -0.1) is 0 Å². The zero-order valence-corrected chi connectivity index (χ0v) is 16.7. The summed E-state index contributed by atoms with van der Waals surface area (Å²) < 4.78 is 62.9. The fraction of sp³-hybridized carbons (Fsp3) is 0.421. The second-order valence-corrected chi connectivity index (χ2v) is 8.86. The Kier molecular flexibility index (Phi) is 6.16. The van der Waals surface area contributed by atoms with E-state index in [0.717, 1.165) is 43.9 Å². The van der Waals surface area contributed by atoms with Gasteiger partial charge in [0.1, 0.15) is 0 Å². The van der Waals surface area contributed by atoms with Crippen molar-refractivity contribution in [2.24, 2.45) is 11.1 Å². The Balaban J connectivity index is 1.71. The van der Waals surface area contributed by atoms with Crippen molar-refractivity contribution < 1.29 is 21.6 Å². The van der Waals surface area contributed by atoms with E-state index >= 15 is 0 Å². The Morgan fingerprint density at radius 2 is 2.03 bits per heavy atom. The summed E-state index contributed by atoms with van der Waals surface area (Å²) in [5, 5.41) is 8.06. The fourth-order valence-electron chi connectivity index (χ4n) is 3.61. The van der Waals surface area contributed by atoms with Crippen LogP contribution < -0.4 is 10.5 Å². The first kappa shape index (κ1) is 21.5. The van der Waals surface area contributed by atoms with Crippen LogP contribution in [0.1, 0.15) is 24.6 Å². The molecular formula is C19H23F3N4O2S. The van der Waals surface area contributed by atoms with Crippen molar-refractivity contribution in [3.05, 3.63) is 53.9 Å². The third-order valence-corrected chi connectivity index (χ3v) is 6.01. The maximum absolute atomic E-state index is 13.3. The number of rotatable bonds is 5. The van der Waals surface area contributed by atoms with Crippen molar-refractivity contribution >= 4 is 15.7 Å². The molecule has 0 bridgehead atoms. The highest BCUT2D eigenvalue weighted by Gasteiger charge is 2.37. The standard InChI is InChI=1S/C19H23F3N4O2S/c1-13-11-26(12-15-4-2-3-8-24-15)9-7-17(13)25-14-5-6-18(29(23,27)28)16(10-14)19(20,21)22/h2-6,8,10,13,17,25H,7,9,11-12H2,1H3,(H2,23,27,28). The maximum Gasteiger partial charge on any atom is 0.417 e. The number of sulfonamides is 1. The summed E-state index contributed by atoms with van der Waals surface area (Å²) in [6.07, 6.45) is -2.33. The molecule has 0 saturated carbocycles. The summed E-state index contributed by atoms with van der Waals surface area (Å²) in [6.45, 7) is 4.31. The molecule has 3 N–H and O–H groups in total. The molecule has 3 rings (SSSR count). The van der Waals surface area contributed by atoms with E-state index < -0.39 is 26.7 Å². The molecule has 0 radical (unpaired) electrons. The van der Waals surface area contributed by atoms with Gasteiger partial charge in [-0.05, 0) is 42.7 Å². The smallest absolute Gasteiger partial charge is 0.382 e. The maximum atomic E-state index is 13.3. The average Bonchev–Trinajstić information content (AvgIpc) is 2.63. The highest BCUT2D eigenvalue weighted by atomic mass is 32.2. The van der Waals surface area contributed by atoms with E-state index in [1.807, 2.05) is 25.1 Å². The normalized spacial score (nSPS) is 21.1. The molecule has 2 atom stereocenters. The Morgan fingerprint density at radius 1 is 1.28 bits per heavy atom. The molecular weight excluding hydrogens is 405 g/mol. The van der Waals surface area contributed by atoms with Gasteiger partial charge >= 0.3 is 6.18 Å². The minimum atomic E-state index is -4.82. The minimum absolute atomic E-state index is 0.0311. The van der Waals surface area contributed by atoms with Crippen LogP contribution in [0.5, 0.6) is 0 Å². The third-order valence-electron chi connectivity index (χ3n) is 5.04. The summed E-state index contributed by atoms with van der Waals surface area (Å²) in [5.41, 5.74) is -0.0653. The first-order valence-electron chi connectivity index (χ1n) is 9.17. The second-order valence-electron chi connectivity index (χ2n) is 7.33. The highest BCUT2D eigenvalue weighted by Crippen LogP contribution is 2.36. The second kappa shape index (κ2) is 8.29. The summed E-state index contributed by atoms with van der Waals surface area (Å²) in [6, 6.07) is 8.76. The predicted octanol–water partition coefficient (Wildman–Crippen LogP) is 3.07. The Hall–Kier alpha value is -2.17. The molecule has 10 heteroatoms. The molecule has 2 aromatic rings. The van der Waals surface area contributed by atoms with Crippen LogP contribution in [0.3, 0.4) is 0 Å². The molecule has 0 aliphatic carbocycles. The molecule has 29 heavy (non-hydrogen) atoms. The van der Waals surface area contributed by atoms with E-state index in [9.17, 15) is 21.6 Å². The lowest BCUT2D eigenvalue weighted by Gasteiger charge is -2.37. The molecule has 1 aliphatic heterocycles. The van der Waals surface area contributed by atoms with E-state index in [-0.39, 0.29) is 17.6 Å². The van der Waals surface area contributed by atoms with Crippen LogP contribution in [0, 0.1) is 5.92 Å². The van der Waals surface area contributed by atoms with E-state index in [1.165, 1.54) is 6.07 Å². The zero-order chi connectivity index (χ0) is 21.2. The van der Waals surface area contributed by atoms with Gasteiger partial charge in [0.2, 0.25) is 10.0 Å². The molecule has 1 saturated heterocycles. The molecule has 0 spiro atoms. The summed E-state index contributed by atoms with van der Waals surface area (Å²) in [4.78, 5) is 5.66. The van der Waals surface area contributed by atoms with Crippen molar-refractivity contribution in [2.75, 3.05) is 18.4 Å². The van der Waals surface area contributed by atoms with Crippen molar-refractivity contribution in [2.45, 2.75) is 37.0 Å². The number of primary sulfonamides is 1. The van der Waals surface area contributed by atoms with Gasteiger partial charge in [-0.1, -0.05) is 13.0 Å². The number of hydrogen-bond donors (Lipinski definition) is 2. The van der Waals surface area contributed by atoms with Crippen LogP contribution in [0.2, 0.25) is 0 Å². The van der Waals surface area contributed by atoms with Crippen molar-refractivity contribution in [3.8, 4) is 0 Å². The largest absolute Gasteiger partial charge is 0.417 e. The number of likely N-dealkylation sites (tertiary alicyclic amines) is 1. The van der Waals surface area contributed by atoms with Gasteiger partial charge in [0.15, 0.2) is 0 Å². The van der Waals surface area contributed by atoms with Crippen molar-refractivity contribution in [3.63, 3.8) is 0 Å². The molecule has 1 aromatic heterocycles. The average molecular weight is 428 g/mol. The number of nitrogens with two attached hydrogens (primary N) is 1. The molecule has 2 heterocycles. The number of pyridine rings is 1. The SMILES string of the molecule is CC1CN(Cc2ccccn2)CCC1Nc1ccc(S(N)(=O)=O)c(C(F)(F)F)c1. The van der Waals surface area contributed by atoms with Crippen LogP contribution in [-0.2, 0) is 22.7 Å². The number of anilines is 1. The van der Waals surface area contributed by atoms with E-state index in [0.29, 0.717) is 0 Å². The van der Waals surface area contributed by atoms with Crippen molar-refractivity contribution in [1.29, 1.82) is 0 Å². The number of nitrogens with zero attached hydrogens (tertiary/aromatic N) is 2. The number of piperidine rings is 1. The van der Waals surface area contributed by atoms with Crippen molar-refractivity contribution in [1.82, 2.24) is 9.88 Å². The molecule has 0 amide bonds. The predicted molar refractivity (Wildman–Crippen MR) is 104 cm³/mol. The van der Waals surface area contributed by atoms with Gasteiger partial charge in [0.05, 0.1) is 16.2 Å². The zero-order valence-electron chi connectivity index (χ0n) is 15.9. The minimum Gasteiger partial charge on any atom is -0.382 e. The molecule has 6 nitrogen and oxygen atoms in total. The molecule has 158 valence electrons. The van der Waals surface area contributed by atoms with E-state index in [2.05, 4.69) is 15.2 Å². The molecule has 1 fully saturated rings. The van der Waals surface area contributed by atoms with Gasteiger partial charge in [-0.2, -0.15) is 13.2 Å². The van der Waals surface area contributed by atoms with E-state index in [1.54, 1.807) is 6.20 Å². The van der Waals surface area contributed by atoms with Gasteiger partial charge in [-0.25, -0.2) is 13.6 Å². The van der Waals surface area contributed by atoms with E-state index in [4.69, 9.17) is 5.14 Å². The quantitative estimate of drug-likeness (QED) is 0.764. The number of alkyl halides is 3. The summed E-state index contributed by atoms with van der Waals surface area (Å²) in [5.74, 6) is 0.180. The summed E-state index contributed by atoms with van der Waals surface area (Å²) >= 11 is 0. The van der Waals surface area contributed by atoms with Gasteiger partial charge in [0, 0.05) is 37.6 Å². The lowest BCUT2D eigenvalue weighted by molar-refractivity contribution is -0.139. The monoisotopic (exact) mass is 428 g/mol. The number of aromatic nitrogens is 1. The molecule has 1 aliphatic rings. The van der Waals surface area contributed by atoms with Crippen LogP contribution in [0.15, 0.2) is 47.5 Å². The van der Waals surface area contributed by atoms with Gasteiger partial charge in [0.25, 0.3) is 0 Å². The Bertz CT molecular complexity index is 952. The fourth-order valence-corrected chi connectivity index (χ4v) is 4.35. The number of hydrogen-bond acceptors (Lipinski definition) is 5. The van der Waals surface area contributed by atoms with Crippen LogP contribution in [-0.4, -0.2) is 37.4 Å². The summed E-state index contributed by atoms with van der Waals surface area (Å²) in [7, 11) is -4.47. The third kappa shape index (κ3) is 5.46. The molecule has 1 aromatic carbocycles. The highest BCUT2D eigenvalue weighted by molar-refractivity contribution is 7.89. The lowest BCUT2D eigenvalue weighted by Crippen LogP contribution is -2.44. The Morgan fingerprint density at radius 3 is 2.62 bits per heavy atom. The number of nitrogens with one attached hydrogen (secondary N) is 1. The number of halogens is 3. The van der Waals surface area contributed by atoms with Crippen LogP contribution >= 0.6 is 0 Å². The Labute approximate surface area is 168 Å². The number of benzene rings is 1. The lowest BCUT2D eigenvalue weighted by atomic mass is 9.93. The van der Waals surface area contributed by atoms with Gasteiger partial charge < -0.3 is 5.32 Å².